The van der Waals surface area contributed by atoms with Gasteiger partial charge in [-0.3, -0.25) is 9.80 Å². The normalized spacial score (nSPS) is 24.1. The first-order valence-electron chi connectivity index (χ1n) is 8.88. The van der Waals surface area contributed by atoms with Crippen molar-refractivity contribution in [3.63, 3.8) is 0 Å². The molecule has 0 aromatic carbocycles. The zero-order valence-electron chi connectivity index (χ0n) is 13.7. The second-order valence-electron chi connectivity index (χ2n) is 6.77. The Morgan fingerprint density at radius 3 is 1.85 bits per heavy atom. The first-order valence-corrected chi connectivity index (χ1v) is 10.7. The average Bonchev–Trinajstić information content (AvgIpc) is 2.53. The summed E-state index contributed by atoms with van der Waals surface area (Å²) in [5.74, 6) is 0. The zero-order chi connectivity index (χ0) is 14.3. The van der Waals surface area contributed by atoms with E-state index in [2.05, 4.69) is 35.4 Å². The van der Waals surface area contributed by atoms with Gasteiger partial charge in [-0.25, -0.2) is 0 Å². The maximum atomic E-state index is 2.83. The SMILES string of the molecule is C/C=C\[SiH2]CCC(C)(N1CCCCC1)N1CCCCC1. The smallest absolute Gasteiger partial charge is 0.0705 e. The van der Waals surface area contributed by atoms with Gasteiger partial charge in [0.05, 0.1) is 5.66 Å². The van der Waals surface area contributed by atoms with E-state index in [0.717, 1.165) is 0 Å². The van der Waals surface area contributed by atoms with Crippen molar-refractivity contribution in [3.8, 4) is 0 Å². The molecule has 0 spiro atoms. The monoisotopic (exact) mass is 294 g/mol. The standard InChI is InChI=1S/C17H34N2Si/c1-3-15-20-16-10-17(2,18-11-6-4-7-12-18)19-13-8-5-9-14-19/h3,15H,4-14,16,20H2,1-2H3/b15-3-. The van der Waals surface area contributed by atoms with Crippen molar-refractivity contribution in [3.05, 3.63) is 11.8 Å². The highest BCUT2D eigenvalue weighted by Crippen LogP contribution is 2.31. The van der Waals surface area contributed by atoms with Crippen LogP contribution in [-0.4, -0.2) is 51.2 Å². The summed E-state index contributed by atoms with van der Waals surface area (Å²) in [6.45, 7) is 10.0. The summed E-state index contributed by atoms with van der Waals surface area (Å²) in [6, 6.07) is 1.47. The molecule has 2 aliphatic heterocycles. The summed E-state index contributed by atoms with van der Waals surface area (Å²) in [6.07, 6.45) is 12.2. The van der Waals surface area contributed by atoms with Crippen LogP contribution in [0.5, 0.6) is 0 Å². The number of rotatable bonds is 6. The molecule has 2 saturated heterocycles. The molecule has 0 N–H and O–H groups in total. The number of allylic oxidation sites excluding steroid dienone is 1. The fourth-order valence-electron chi connectivity index (χ4n) is 3.99. The first-order chi connectivity index (χ1) is 9.77. The highest BCUT2D eigenvalue weighted by molar-refractivity contribution is 6.41. The van der Waals surface area contributed by atoms with E-state index in [9.17, 15) is 0 Å². The molecule has 0 radical (unpaired) electrons. The van der Waals surface area contributed by atoms with E-state index in [1.165, 1.54) is 77.2 Å². The van der Waals surface area contributed by atoms with E-state index >= 15 is 0 Å². The van der Waals surface area contributed by atoms with Crippen LogP contribution in [0.4, 0.5) is 0 Å². The summed E-state index contributed by atoms with van der Waals surface area (Å²) in [7, 11) is 0.0265. The molecule has 2 fully saturated rings. The number of nitrogens with zero attached hydrogens (tertiary/aromatic N) is 2. The van der Waals surface area contributed by atoms with Crippen molar-refractivity contribution in [2.24, 2.45) is 0 Å². The van der Waals surface area contributed by atoms with Crippen molar-refractivity contribution >= 4 is 9.52 Å². The largest absolute Gasteiger partial charge is 0.286 e. The van der Waals surface area contributed by atoms with Gasteiger partial charge in [-0.15, -0.1) is 5.70 Å². The lowest BCUT2D eigenvalue weighted by atomic mass is 9.97. The summed E-state index contributed by atoms with van der Waals surface area (Å²) in [5, 5.41) is 0. The molecule has 116 valence electrons. The molecule has 2 rings (SSSR count). The van der Waals surface area contributed by atoms with Crippen molar-refractivity contribution in [2.45, 2.75) is 70.5 Å². The quantitative estimate of drug-likeness (QED) is 0.548. The average molecular weight is 295 g/mol. The number of piperidine rings is 2. The highest BCUT2D eigenvalue weighted by atomic mass is 28.2. The van der Waals surface area contributed by atoms with Crippen molar-refractivity contribution in [2.75, 3.05) is 26.2 Å². The summed E-state index contributed by atoms with van der Waals surface area (Å²) >= 11 is 0. The number of hydrogen-bond donors (Lipinski definition) is 0. The summed E-state index contributed by atoms with van der Waals surface area (Å²) < 4.78 is 0. The fraction of sp³-hybridized carbons (Fsp3) is 0.882. The van der Waals surface area contributed by atoms with Gasteiger partial charge in [0.25, 0.3) is 0 Å². The third-order valence-electron chi connectivity index (χ3n) is 5.33. The minimum absolute atomic E-state index is 0.0265. The lowest BCUT2D eigenvalue weighted by Crippen LogP contribution is -2.61. The predicted molar refractivity (Wildman–Crippen MR) is 92.0 cm³/mol. The van der Waals surface area contributed by atoms with Crippen LogP contribution in [0, 0.1) is 0 Å². The molecule has 2 nitrogen and oxygen atoms in total. The Kier molecular flexibility index (Phi) is 6.79. The van der Waals surface area contributed by atoms with E-state index in [-0.39, 0.29) is 9.52 Å². The van der Waals surface area contributed by atoms with E-state index in [1.54, 1.807) is 0 Å². The Labute approximate surface area is 128 Å². The first kappa shape index (κ1) is 16.3. The second-order valence-corrected chi connectivity index (χ2v) is 8.53. The van der Waals surface area contributed by atoms with Crippen LogP contribution in [0.15, 0.2) is 11.8 Å². The predicted octanol–water partition coefficient (Wildman–Crippen LogP) is 3.19. The van der Waals surface area contributed by atoms with Crippen LogP contribution in [0.1, 0.15) is 58.8 Å². The van der Waals surface area contributed by atoms with Crippen LogP contribution >= 0.6 is 0 Å². The van der Waals surface area contributed by atoms with Crippen LogP contribution in [0.3, 0.4) is 0 Å². The minimum Gasteiger partial charge on any atom is -0.286 e. The van der Waals surface area contributed by atoms with Crippen LogP contribution in [0.25, 0.3) is 0 Å². The van der Waals surface area contributed by atoms with Crippen molar-refractivity contribution < 1.29 is 0 Å². The highest BCUT2D eigenvalue weighted by Gasteiger charge is 2.37. The van der Waals surface area contributed by atoms with E-state index in [1.807, 2.05) is 0 Å². The Hall–Kier alpha value is -0.123. The van der Waals surface area contributed by atoms with Gasteiger partial charge in [0, 0.05) is 9.52 Å². The van der Waals surface area contributed by atoms with Gasteiger partial charge in [-0.2, -0.15) is 0 Å². The Morgan fingerprint density at radius 2 is 1.40 bits per heavy atom. The van der Waals surface area contributed by atoms with Gasteiger partial charge in [-0.05, 0) is 72.1 Å². The van der Waals surface area contributed by atoms with Gasteiger partial charge < -0.3 is 0 Å². The van der Waals surface area contributed by atoms with Gasteiger partial charge >= 0.3 is 0 Å². The fourth-order valence-corrected chi connectivity index (χ4v) is 5.43. The third kappa shape index (κ3) is 4.19. The number of likely N-dealkylation sites (tertiary alicyclic amines) is 2. The molecule has 2 heterocycles. The molecule has 3 heteroatoms. The third-order valence-corrected chi connectivity index (χ3v) is 6.90. The van der Waals surface area contributed by atoms with E-state index < -0.39 is 0 Å². The molecule has 0 saturated carbocycles. The van der Waals surface area contributed by atoms with Gasteiger partial charge in [-0.1, -0.05) is 25.0 Å². The van der Waals surface area contributed by atoms with Gasteiger partial charge in [0.2, 0.25) is 0 Å². The topological polar surface area (TPSA) is 6.48 Å². The molecule has 0 aromatic rings. The van der Waals surface area contributed by atoms with E-state index in [4.69, 9.17) is 0 Å². The second kappa shape index (κ2) is 8.35. The zero-order valence-corrected chi connectivity index (χ0v) is 15.2. The minimum atomic E-state index is 0.0265. The molecule has 2 aliphatic rings. The molecular formula is C17H34N2Si. The summed E-state index contributed by atoms with van der Waals surface area (Å²) in [4.78, 5) is 5.65. The molecule has 0 amide bonds. The molecular weight excluding hydrogens is 260 g/mol. The van der Waals surface area contributed by atoms with Crippen LogP contribution in [0.2, 0.25) is 6.04 Å². The Balaban J connectivity index is 1.99. The summed E-state index contributed by atoms with van der Waals surface area (Å²) in [5.41, 5.74) is 2.82. The maximum absolute atomic E-state index is 2.83. The lowest BCUT2D eigenvalue weighted by molar-refractivity contribution is -0.0671. The van der Waals surface area contributed by atoms with Crippen LogP contribution in [-0.2, 0) is 0 Å². The molecule has 0 bridgehead atoms. The molecule has 0 aliphatic carbocycles. The van der Waals surface area contributed by atoms with Gasteiger partial charge in [0.1, 0.15) is 0 Å². The molecule has 20 heavy (non-hydrogen) atoms. The number of hydrogen-bond acceptors (Lipinski definition) is 2. The molecule has 0 unspecified atom stereocenters. The van der Waals surface area contributed by atoms with E-state index in [0.29, 0.717) is 5.66 Å². The molecule has 0 atom stereocenters. The van der Waals surface area contributed by atoms with Gasteiger partial charge in [0.15, 0.2) is 0 Å². The Bertz CT molecular complexity index is 273. The molecule has 0 aromatic heterocycles. The van der Waals surface area contributed by atoms with Crippen molar-refractivity contribution in [1.82, 2.24) is 9.80 Å². The maximum Gasteiger partial charge on any atom is 0.0705 e. The Morgan fingerprint density at radius 1 is 0.900 bits per heavy atom. The van der Waals surface area contributed by atoms with Crippen molar-refractivity contribution in [1.29, 1.82) is 0 Å². The lowest BCUT2D eigenvalue weighted by Gasteiger charge is -2.52. The van der Waals surface area contributed by atoms with Crippen LogP contribution < -0.4 is 0 Å².